The van der Waals surface area contributed by atoms with Crippen LogP contribution in [-0.2, 0) is 9.63 Å². The fourth-order valence-corrected chi connectivity index (χ4v) is 1.91. The molecule has 0 spiro atoms. The third kappa shape index (κ3) is 3.38. The molecular weight excluding hydrogens is 278 g/mol. The van der Waals surface area contributed by atoms with Gasteiger partial charge >= 0.3 is 5.97 Å². The number of halogens is 1. The first kappa shape index (κ1) is 15.0. The standard InChI is InChI=1S/C15H18ClNO3/c1-15(2,3)14(19)20-17-8-11(9-17)13(18)10-4-6-12(16)7-5-10/h4-7,11H,8-9H2,1-3H3. The predicted octanol–water partition coefficient (Wildman–Crippen LogP) is 2.96. The second kappa shape index (κ2) is 5.54. The van der Waals surface area contributed by atoms with Crippen molar-refractivity contribution in [2.24, 2.45) is 11.3 Å². The molecule has 0 aromatic heterocycles. The molecule has 0 amide bonds. The maximum atomic E-state index is 12.2. The second-order valence-electron chi connectivity index (χ2n) is 6.04. The molecule has 1 aliphatic rings. The van der Waals surface area contributed by atoms with Crippen molar-refractivity contribution in [1.29, 1.82) is 0 Å². The number of rotatable bonds is 3. The van der Waals surface area contributed by atoms with Crippen LogP contribution in [0, 0.1) is 11.3 Å². The van der Waals surface area contributed by atoms with Gasteiger partial charge in [-0.1, -0.05) is 11.6 Å². The lowest BCUT2D eigenvalue weighted by Crippen LogP contribution is -2.51. The summed E-state index contributed by atoms with van der Waals surface area (Å²) in [5.41, 5.74) is 0.104. The van der Waals surface area contributed by atoms with Crippen molar-refractivity contribution in [2.45, 2.75) is 20.8 Å². The minimum Gasteiger partial charge on any atom is -0.367 e. The summed E-state index contributed by atoms with van der Waals surface area (Å²) >= 11 is 5.79. The first-order chi connectivity index (χ1) is 9.27. The Bertz CT molecular complexity index is 513. The third-order valence-electron chi connectivity index (χ3n) is 3.17. The molecule has 4 nitrogen and oxygen atoms in total. The topological polar surface area (TPSA) is 46.6 Å². The van der Waals surface area contributed by atoms with Gasteiger partial charge in [-0.05, 0) is 45.0 Å². The van der Waals surface area contributed by atoms with Gasteiger partial charge in [-0.25, -0.2) is 4.79 Å². The summed E-state index contributed by atoms with van der Waals surface area (Å²) in [6.45, 7) is 6.29. The van der Waals surface area contributed by atoms with Crippen LogP contribution in [0.15, 0.2) is 24.3 Å². The van der Waals surface area contributed by atoms with Crippen molar-refractivity contribution in [2.75, 3.05) is 13.1 Å². The molecule has 108 valence electrons. The number of hydrogen-bond acceptors (Lipinski definition) is 4. The first-order valence-electron chi connectivity index (χ1n) is 6.54. The normalized spacial score (nSPS) is 16.6. The van der Waals surface area contributed by atoms with Crippen molar-refractivity contribution < 1.29 is 14.4 Å². The molecule has 0 radical (unpaired) electrons. The molecule has 20 heavy (non-hydrogen) atoms. The summed E-state index contributed by atoms with van der Waals surface area (Å²) in [5, 5.41) is 2.14. The number of Topliss-reactive ketones (excluding diaryl/α,β-unsaturated/α-hetero) is 1. The van der Waals surface area contributed by atoms with E-state index in [1.54, 1.807) is 45.0 Å². The molecule has 1 aromatic rings. The van der Waals surface area contributed by atoms with Gasteiger partial charge in [0.25, 0.3) is 0 Å². The fraction of sp³-hybridized carbons (Fsp3) is 0.467. The van der Waals surface area contributed by atoms with Gasteiger partial charge in [0.2, 0.25) is 0 Å². The molecule has 1 saturated heterocycles. The van der Waals surface area contributed by atoms with Crippen molar-refractivity contribution in [3.8, 4) is 0 Å². The molecular formula is C15H18ClNO3. The van der Waals surface area contributed by atoms with Crippen molar-refractivity contribution in [3.63, 3.8) is 0 Å². The summed E-state index contributed by atoms with van der Waals surface area (Å²) in [6.07, 6.45) is 0. The number of benzene rings is 1. The van der Waals surface area contributed by atoms with Crippen molar-refractivity contribution >= 4 is 23.4 Å². The molecule has 0 bridgehead atoms. The Balaban J connectivity index is 1.86. The SMILES string of the molecule is CC(C)(C)C(=O)ON1CC(C(=O)c2ccc(Cl)cc2)C1. The Morgan fingerprint density at radius 2 is 1.75 bits per heavy atom. The summed E-state index contributed by atoms with van der Waals surface area (Å²) in [4.78, 5) is 29.1. The van der Waals surface area contributed by atoms with E-state index < -0.39 is 5.41 Å². The molecule has 0 saturated carbocycles. The van der Waals surface area contributed by atoms with E-state index >= 15 is 0 Å². The summed E-state index contributed by atoms with van der Waals surface area (Å²) in [6, 6.07) is 6.83. The predicted molar refractivity (Wildman–Crippen MR) is 76.4 cm³/mol. The van der Waals surface area contributed by atoms with Gasteiger partial charge in [0.1, 0.15) is 0 Å². The van der Waals surface area contributed by atoms with Crippen molar-refractivity contribution in [1.82, 2.24) is 5.06 Å². The van der Waals surface area contributed by atoms with Gasteiger partial charge in [0.05, 0.1) is 11.3 Å². The van der Waals surface area contributed by atoms with Crippen LogP contribution in [0.3, 0.4) is 0 Å². The monoisotopic (exact) mass is 295 g/mol. The molecule has 0 atom stereocenters. The van der Waals surface area contributed by atoms with E-state index in [4.69, 9.17) is 16.4 Å². The van der Waals surface area contributed by atoms with Crippen LogP contribution < -0.4 is 0 Å². The highest BCUT2D eigenvalue weighted by molar-refractivity contribution is 6.30. The van der Waals surface area contributed by atoms with Crippen LogP contribution in [-0.4, -0.2) is 29.9 Å². The lowest BCUT2D eigenvalue weighted by atomic mass is 9.92. The maximum absolute atomic E-state index is 12.2. The van der Waals surface area contributed by atoms with Gasteiger partial charge < -0.3 is 4.84 Å². The molecule has 0 aliphatic carbocycles. The van der Waals surface area contributed by atoms with E-state index in [2.05, 4.69) is 0 Å². The highest BCUT2D eigenvalue weighted by atomic mass is 35.5. The van der Waals surface area contributed by atoms with E-state index in [0.717, 1.165) is 0 Å². The molecule has 0 unspecified atom stereocenters. The van der Waals surface area contributed by atoms with Crippen LogP contribution in [0.2, 0.25) is 5.02 Å². The molecule has 5 heteroatoms. The zero-order valence-electron chi connectivity index (χ0n) is 11.9. The van der Waals surface area contributed by atoms with Crippen LogP contribution in [0.5, 0.6) is 0 Å². The molecule has 0 N–H and O–H groups in total. The smallest absolute Gasteiger partial charge is 0.330 e. The van der Waals surface area contributed by atoms with Gasteiger partial charge in [0, 0.05) is 23.7 Å². The van der Waals surface area contributed by atoms with E-state index in [-0.39, 0.29) is 17.7 Å². The van der Waals surface area contributed by atoms with Gasteiger partial charge in [0.15, 0.2) is 5.78 Å². The average molecular weight is 296 g/mol. The molecule has 1 fully saturated rings. The summed E-state index contributed by atoms with van der Waals surface area (Å²) in [7, 11) is 0. The number of nitrogens with zero attached hydrogens (tertiary/aromatic N) is 1. The number of hydroxylamine groups is 2. The Morgan fingerprint density at radius 3 is 2.25 bits per heavy atom. The Kier molecular flexibility index (Phi) is 4.16. The lowest BCUT2D eigenvalue weighted by Gasteiger charge is -2.37. The Morgan fingerprint density at radius 1 is 1.20 bits per heavy atom. The van der Waals surface area contributed by atoms with Crippen LogP contribution in [0.1, 0.15) is 31.1 Å². The fourth-order valence-electron chi connectivity index (χ4n) is 1.78. The first-order valence-corrected chi connectivity index (χ1v) is 6.92. The third-order valence-corrected chi connectivity index (χ3v) is 3.42. The second-order valence-corrected chi connectivity index (χ2v) is 6.48. The average Bonchev–Trinajstić information content (AvgIpc) is 2.32. The minimum absolute atomic E-state index is 0.0599. The van der Waals surface area contributed by atoms with E-state index in [9.17, 15) is 9.59 Å². The van der Waals surface area contributed by atoms with E-state index in [1.165, 1.54) is 5.06 Å². The van der Waals surface area contributed by atoms with Crippen LogP contribution in [0.4, 0.5) is 0 Å². The zero-order valence-corrected chi connectivity index (χ0v) is 12.6. The van der Waals surface area contributed by atoms with Gasteiger partial charge in [-0.3, -0.25) is 4.79 Å². The number of hydrogen-bond donors (Lipinski definition) is 0. The van der Waals surface area contributed by atoms with E-state index in [0.29, 0.717) is 23.7 Å². The van der Waals surface area contributed by atoms with Crippen LogP contribution >= 0.6 is 11.6 Å². The molecule has 1 aromatic carbocycles. The Hall–Kier alpha value is -1.39. The molecule has 2 rings (SSSR count). The Labute approximate surface area is 123 Å². The quantitative estimate of drug-likeness (QED) is 0.804. The summed E-state index contributed by atoms with van der Waals surface area (Å²) < 4.78 is 0. The van der Waals surface area contributed by atoms with E-state index in [1.807, 2.05) is 0 Å². The van der Waals surface area contributed by atoms with Crippen molar-refractivity contribution in [3.05, 3.63) is 34.9 Å². The summed E-state index contributed by atoms with van der Waals surface area (Å²) in [5.74, 6) is -0.344. The number of carbonyl (C=O) groups is 2. The molecule has 1 heterocycles. The van der Waals surface area contributed by atoms with Gasteiger partial charge in [-0.15, -0.1) is 5.06 Å². The van der Waals surface area contributed by atoms with Crippen LogP contribution in [0.25, 0.3) is 0 Å². The highest BCUT2D eigenvalue weighted by Gasteiger charge is 2.37. The zero-order chi connectivity index (χ0) is 14.9. The lowest BCUT2D eigenvalue weighted by molar-refractivity contribution is -0.223. The largest absolute Gasteiger partial charge is 0.367 e. The maximum Gasteiger partial charge on any atom is 0.330 e. The highest BCUT2D eigenvalue weighted by Crippen LogP contribution is 2.24. The number of ketones is 1. The molecule has 1 aliphatic heterocycles. The minimum atomic E-state index is -0.536. The number of carbonyl (C=O) groups excluding carboxylic acids is 2. The van der Waals surface area contributed by atoms with Gasteiger partial charge in [-0.2, -0.15) is 0 Å².